The van der Waals surface area contributed by atoms with E-state index in [-0.39, 0.29) is 42.4 Å². The zero-order valence-electron chi connectivity index (χ0n) is 18.3. The van der Waals surface area contributed by atoms with Crippen molar-refractivity contribution in [2.45, 2.75) is 37.8 Å². The average molecular weight is 468 g/mol. The van der Waals surface area contributed by atoms with Crippen LogP contribution in [0.25, 0.3) is 0 Å². The van der Waals surface area contributed by atoms with Gasteiger partial charge in [0.1, 0.15) is 6.61 Å². The molecule has 33 heavy (non-hydrogen) atoms. The van der Waals surface area contributed by atoms with Crippen molar-refractivity contribution in [1.82, 2.24) is 15.1 Å². The van der Waals surface area contributed by atoms with Gasteiger partial charge in [-0.15, -0.1) is 13.2 Å². The number of amides is 3. The molecule has 0 spiro atoms. The molecule has 4 heterocycles. The fraction of sp³-hybridized carbons (Fsp3) is 0.636. The maximum atomic E-state index is 12.9. The molecule has 8 nitrogen and oxygen atoms in total. The Morgan fingerprint density at radius 3 is 2.61 bits per heavy atom. The van der Waals surface area contributed by atoms with Crippen LogP contribution in [0.2, 0.25) is 0 Å². The third-order valence-electron chi connectivity index (χ3n) is 6.83. The quantitative estimate of drug-likeness (QED) is 0.736. The Bertz CT molecular complexity index is 931. The largest absolute Gasteiger partial charge is 0.573 e. The van der Waals surface area contributed by atoms with Crippen LogP contribution >= 0.6 is 0 Å². The first-order valence-electron chi connectivity index (χ1n) is 11.3. The standard InChI is InChI=1S/C22H27F3N4O4/c1-13-7-28(8-13)17-6-14(2-3-19(17)33-22(23,24)25)15-9-29(10-15)21(31)27-5-4-18-16(11-27)26-20(30)12-32-18/h2-3,6,13,15-16,18H,4-5,7-12H2,1H3,(H,26,30)/t16-,18+/m1/s1. The van der Waals surface area contributed by atoms with Crippen molar-refractivity contribution < 1.29 is 32.2 Å². The van der Waals surface area contributed by atoms with E-state index in [0.717, 1.165) is 5.56 Å². The summed E-state index contributed by atoms with van der Waals surface area (Å²) in [5, 5.41) is 2.89. The molecule has 4 aliphatic rings. The Kier molecular flexibility index (Phi) is 5.54. The second-order valence-corrected chi connectivity index (χ2v) is 9.43. The smallest absolute Gasteiger partial charge is 0.404 e. The van der Waals surface area contributed by atoms with Gasteiger partial charge in [-0.25, -0.2) is 4.79 Å². The number of ether oxygens (including phenoxy) is 2. The molecule has 4 aliphatic heterocycles. The molecular weight excluding hydrogens is 441 g/mol. The highest BCUT2D eigenvalue weighted by Gasteiger charge is 2.41. The van der Waals surface area contributed by atoms with Crippen molar-refractivity contribution in [2.24, 2.45) is 5.92 Å². The molecule has 1 N–H and O–H groups in total. The number of alkyl halides is 3. The van der Waals surface area contributed by atoms with E-state index in [1.165, 1.54) is 6.07 Å². The molecule has 0 radical (unpaired) electrons. The highest BCUT2D eigenvalue weighted by atomic mass is 19.4. The Morgan fingerprint density at radius 1 is 1.15 bits per heavy atom. The summed E-state index contributed by atoms with van der Waals surface area (Å²) < 4.78 is 48.3. The van der Waals surface area contributed by atoms with E-state index in [9.17, 15) is 22.8 Å². The first kappa shape index (κ1) is 22.1. The number of likely N-dealkylation sites (tertiary alicyclic amines) is 2. The number of rotatable bonds is 3. The molecule has 11 heteroatoms. The molecule has 4 fully saturated rings. The van der Waals surface area contributed by atoms with Gasteiger partial charge in [0.2, 0.25) is 5.91 Å². The zero-order valence-corrected chi connectivity index (χ0v) is 18.3. The minimum absolute atomic E-state index is 0.0570. The number of carbonyl (C=O) groups excluding carboxylic acids is 2. The molecule has 0 aliphatic carbocycles. The topological polar surface area (TPSA) is 74.3 Å². The molecule has 0 aromatic heterocycles. The van der Waals surface area contributed by atoms with Gasteiger partial charge in [-0.1, -0.05) is 13.0 Å². The molecule has 0 bridgehead atoms. The SMILES string of the molecule is CC1CN(c2cc(C3CN(C(=O)N4CC[C@@H]5OCC(=O)N[C@@H]5C4)C3)ccc2OC(F)(F)F)C1. The number of morpholine rings is 1. The maximum absolute atomic E-state index is 12.9. The van der Waals surface area contributed by atoms with E-state index >= 15 is 0 Å². The van der Waals surface area contributed by atoms with Gasteiger partial charge in [0.25, 0.3) is 0 Å². The van der Waals surface area contributed by atoms with Crippen LogP contribution in [0, 0.1) is 5.92 Å². The van der Waals surface area contributed by atoms with Crippen LogP contribution in [-0.4, -0.2) is 86.1 Å². The summed E-state index contributed by atoms with van der Waals surface area (Å²) >= 11 is 0. The Hall–Kier alpha value is -2.69. The second-order valence-electron chi connectivity index (χ2n) is 9.43. The molecule has 1 aromatic rings. The normalized spacial score (nSPS) is 26.3. The first-order chi connectivity index (χ1) is 15.7. The van der Waals surface area contributed by atoms with Crippen molar-refractivity contribution >= 4 is 17.6 Å². The number of hydrogen-bond acceptors (Lipinski definition) is 5. The fourth-order valence-electron chi connectivity index (χ4n) is 5.06. The van der Waals surface area contributed by atoms with Crippen LogP contribution in [0.4, 0.5) is 23.7 Å². The molecule has 180 valence electrons. The summed E-state index contributed by atoms with van der Waals surface area (Å²) in [6.07, 6.45) is -4.13. The summed E-state index contributed by atoms with van der Waals surface area (Å²) in [5.74, 6) is 0.124. The summed E-state index contributed by atoms with van der Waals surface area (Å²) in [6.45, 7) is 5.47. The van der Waals surface area contributed by atoms with Crippen molar-refractivity contribution in [3.63, 3.8) is 0 Å². The predicted molar refractivity (Wildman–Crippen MR) is 112 cm³/mol. The Labute approximate surface area is 189 Å². The summed E-state index contributed by atoms with van der Waals surface area (Å²) in [5.41, 5.74) is 1.34. The molecule has 2 atom stereocenters. The highest BCUT2D eigenvalue weighted by molar-refractivity contribution is 5.79. The van der Waals surface area contributed by atoms with E-state index in [4.69, 9.17) is 4.74 Å². The molecule has 1 aromatic carbocycles. The van der Waals surface area contributed by atoms with Gasteiger partial charge in [0, 0.05) is 45.2 Å². The lowest BCUT2D eigenvalue weighted by Crippen LogP contribution is -2.63. The molecule has 0 saturated carbocycles. The Morgan fingerprint density at radius 2 is 1.91 bits per heavy atom. The molecular formula is C22H27F3N4O4. The third-order valence-corrected chi connectivity index (χ3v) is 6.83. The lowest BCUT2D eigenvalue weighted by molar-refractivity contribution is -0.274. The predicted octanol–water partition coefficient (Wildman–Crippen LogP) is 2.15. The van der Waals surface area contributed by atoms with E-state index < -0.39 is 6.36 Å². The van der Waals surface area contributed by atoms with Gasteiger partial charge in [0.15, 0.2) is 5.75 Å². The Balaban J connectivity index is 1.22. The van der Waals surface area contributed by atoms with Gasteiger partial charge < -0.3 is 29.5 Å². The highest BCUT2D eigenvalue weighted by Crippen LogP contribution is 2.40. The van der Waals surface area contributed by atoms with E-state index in [0.29, 0.717) is 57.3 Å². The number of fused-ring (bicyclic) bond motifs is 1. The van der Waals surface area contributed by atoms with Crippen molar-refractivity contribution in [3.8, 4) is 5.75 Å². The monoisotopic (exact) mass is 468 g/mol. The summed E-state index contributed by atoms with van der Waals surface area (Å²) in [7, 11) is 0. The number of nitrogens with zero attached hydrogens (tertiary/aromatic N) is 3. The van der Waals surface area contributed by atoms with Crippen molar-refractivity contribution in [2.75, 3.05) is 50.8 Å². The van der Waals surface area contributed by atoms with Crippen molar-refractivity contribution in [1.29, 1.82) is 0 Å². The van der Waals surface area contributed by atoms with E-state index in [1.807, 2.05) is 11.8 Å². The third kappa shape index (κ3) is 4.55. The second kappa shape index (κ2) is 8.27. The minimum Gasteiger partial charge on any atom is -0.404 e. The van der Waals surface area contributed by atoms with Crippen LogP contribution in [0.5, 0.6) is 5.75 Å². The van der Waals surface area contributed by atoms with Crippen LogP contribution in [0.3, 0.4) is 0 Å². The molecule has 3 amide bonds. The van der Waals surface area contributed by atoms with Gasteiger partial charge in [-0.2, -0.15) is 0 Å². The van der Waals surface area contributed by atoms with Crippen LogP contribution in [-0.2, 0) is 9.53 Å². The molecule has 0 unspecified atom stereocenters. The number of anilines is 1. The van der Waals surface area contributed by atoms with Gasteiger partial charge >= 0.3 is 12.4 Å². The molecule has 5 rings (SSSR count). The summed E-state index contributed by atoms with van der Waals surface area (Å²) in [6, 6.07) is 4.52. The van der Waals surface area contributed by atoms with Gasteiger partial charge in [-0.3, -0.25) is 4.79 Å². The number of carbonyl (C=O) groups is 2. The van der Waals surface area contributed by atoms with Crippen LogP contribution < -0.4 is 15.0 Å². The number of piperidine rings is 1. The lowest BCUT2D eigenvalue weighted by atomic mass is 9.90. The summed E-state index contributed by atoms with van der Waals surface area (Å²) in [4.78, 5) is 29.9. The minimum atomic E-state index is -4.75. The van der Waals surface area contributed by atoms with Gasteiger partial charge in [0.05, 0.1) is 17.8 Å². The van der Waals surface area contributed by atoms with E-state index in [1.54, 1.807) is 21.9 Å². The fourth-order valence-corrected chi connectivity index (χ4v) is 5.06. The number of nitrogens with one attached hydrogen (secondary N) is 1. The van der Waals surface area contributed by atoms with Crippen LogP contribution in [0.1, 0.15) is 24.8 Å². The first-order valence-corrected chi connectivity index (χ1v) is 11.3. The maximum Gasteiger partial charge on any atom is 0.573 e. The van der Waals surface area contributed by atoms with E-state index in [2.05, 4.69) is 10.1 Å². The number of hydrogen-bond donors (Lipinski definition) is 1. The lowest BCUT2D eigenvalue weighted by Gasteiger charge is -2.46. The van der Waals surface area contributed by atoms with Gasteiger partial charge in [-0.05, 0) is 30.0 Å². The number of urea groups is 1. The van der Waals surface area contributed by atoms with Crippen LogP contribution in [0.15, 0.2) is 18.2 Å². The number of benzene rings is 1. The van der Waals surface area contributed by atoms with Crippen molar-refractivity contribution in [3.05, 3.63) is 23.8 Å². The average Bonchev–Trinajstić information content (AvgIpc) is 2.69. The number of halogens is 3. The zero-order chi connectivity index (χ0) is 23.3. The molecule has 4 saturated heterocycles.